The lowest BCUT2D eigenvalue weighted by molar-refractivity contribution is 0.289. The molecule has 4 aromatic rings. The molecule has 2 aromatic carbocycles. The first-order chi connectivity index (χ1) is 16.9. The molecule has 0 saturated heterocycles. The minimum atomic E-state index is -3.16. The van der Waals surface area contributed by atoms with Crippen molar-refractivity contribution in [1.29, 1.82) is 0 Å². The number of hydrogen-bond acceptors (Lipinski definition) is 7. The summed E-state index contributed by atoms with van der Waals surface area (Å²) in [5, 5.41) is 10.7. The van der Waals surface area contributed by atoms with E-state index in [-0.39, 0.29) is 5.75 Å². The largest absolute Gasteiger partial charge is 0.453 e. The van der Waals surface area contributed by atoms with E-state index in [2.05, 4.69) is 15.1 Å². The van der Waals surface area contributed by atoms with Gasteiger partial charge in [0.05, 0.1) is 10.6 Å². The van der Waals surface area contributed by atoms with Gasteiger partial charge in [-0.25, -0.2) is 8.42 Å². The van der Waals surface area contributed by atoms with Gasteiger partial charge in [-0.1, -0.05) is 43.0 Å². The van der Waals surface area contributed by atoms with E-state index in [1.807, 2.05) is 54.1 Å². The number of furan rings is 1. The van der Waals surface area contributed by atoms with Crippen LogP contribution < -0.4 is 0 Å². The fourth-order valence-electron chi connectivity index (χ4n) is 4.53. The topological polar surface area (TPSA) is 81.2 Å². The van der Waals surface area contributed by atoms with E-state index in [0.29, 0.717) is 4.90 Å². The molecule has 0 amide bonds. The van der Waals surface area contributed by atoms with Crippen LogP contribution in [0.2, 0.25) is 0 Å². The van der Waals surface area contributed by atoms with Crippen LogP contribution in [-0.2, 0) is 29.7 Å². The van der Waals surface area contributed by atoms with Crippen molar-refractivity contribution in [2.45, 2.75) is 36.2 Å². The minimum Gasteiger partial charge on any atom is -0.453 e. The maximum atomic E-state index is 12.2. The predicted molar refractivity (Wildman–Crippen MR) is 140 cm³/mol. The van der Waals surface area contributed by atoms with Crippen LogP contribution in [0.1, 0.15) is 24.5 Å². The summed E-state index contributed by atoms with van der Waals surface area (Å²) in [5.41, 5.74) is 3.30. The third-order valence-corrected chi connectivity index (χ3v) is 9.48. The molecule has 0 radical (unpaired) electrons. The van der Waals surface area contributed by atoms with Crippen molar-refractivity contribution in [2.75, 3.05) is 31.1 Å². The van der Waals surface area contributed by atoms with Crippen molar-refractivity contribution in [1.82, 2.24) is 19.7 Å². The molecule has 0 bridgehead atoms. The molecule has 5 rings (SSSR count). The summed E-state index contributed by atoms with van der Waals surface area (Å²) < 4.78 is 32.4. The van der Waals surface area contributed by atoms with Crippen molar-refractivity contribution in [3.63, 3.8) is 0 Å². The van der Waals surface area contributed by atoms with Crippen molar-refractivity contribution in [3.05, 3.63) is 59.7 Å². The van der Waals surface area contributed by atoms with Gasteiger partial charge in [0.25, 0.3) is 0 Å². The maximum Gasteiger partial charge on any atom is 0.200 e. The number of aromatic nitrogens is 3. The lowest BCUT2D eigenvalue weighted by Crippen LogP contribution is -2.27. The molecule has 0 saturated carbocycles. The zero-order valence-corrected chi connectivity index (χ0v) is 21.7. The van der Waals surface area contributed by atoms with E-state index >= 15 is 0 Å². The molecule has 35 heavy (non-hydrogen) atoms. The Morgan fingerprint density at radius 2 is 1.83 bits per heavy atom. The summed E-state index contributed by atoms with van der Waals surface area (Å²) in [6.45, 7) is 4.65. The number of rotatable bonds is 8. The number of sulfone groups is 1. The molecule has 0 aliphatic carbocycles. The normalized spacial score (nSPS) is 14.8. The summed E-state index contributed by atoms with van der Waals surface area (Å²) in [6.07, 6.45) is 2.89. The quantitative estimate of drug-likeness (QED) is 0.253. The third kappa shape index (κ3) is 5.17. The van der Waals surface area contributed by atoms with Crippen molar-refractivity contribution in [2.24, 2.45) is 7.05 Å². The molecule has 9 heteroatoms. The smallest absolute Gasteiger partial charge is 0.200 e. The highest BCUT2D eigenvalue weighted by Crippen LogP contribution is 2.28. The molecule has 0 spiro atoms. The van der Waals surface area contributed by atoms with Crippen molar-refractivity contribution in [3.8, 4) is 11.6 Å². The minimum absolute atomic E-state index is 0.140. The summed E-state index contributed by atoms with van der Waals surface area (Å²) in [7, 11) is -1.19. The Kier molecular flexibility index (Phi) is 7.00. The fraction of sp³-hybridized carbons (Fsp3) is 0.385. The van der Waals surface area contributed by atoms with Crippen LogP contribution in [0, 0.1) is 0 Å². The second kappa shape index (κ2) is 10.2. The Morgan fingerprint density at radius 1 is 1.03 bits per heavy atom. The highest BCUT2D eigenvalue weighted by molar-refractivity contribution is 7.99. The van der Waals surface area contributed by atoms with E-state index in [9.17, 15) is 8.42 Å². The fourth-order valence-corrected chi connectivity index (χ4v) is 6.30. The Balaban J connectivity index is 1.14. The molecule has 0 fully saturated rings. The van der Waals surface area contributed by atoms with Gasteiger partial charge in [0.2, 0.25) is 0 Å². The average Bonchev–Trinajstić information content (AvgIpc) is 3.39. The molecular weight excluding hydrogens is 480 g/mol. The van der Waals surface area contributed by atoms with Crippen LogP contribution in [0.4, 0.5) is 0 Å². The highest BCUT2D eigenvalue weighted by Gasteiger charge is 2.19. The number of fused-ring (bicyclic) bond motifs is 2. The second-order valence-corrected chi connectivity index (χ2v) is 12.2. The van der Waals surface area contributed by atoms with E-state index in [4.69, 9.17) is 4.42 Å². The second-order valence-electron chi connectivity index (χ2n) is 8.89. The van der Waals surface area contributed by atoms with Crippen molar-refractivity contribution < 1.29 is 12.8 Å². The molecule has 7 nitrogen and oxygen atoms in total. The lowest BCUT2D eigenvalue weighted by Gasteiger charge is -2.19. The Morgan fingerprint density at radius 3 is 2.63 bits per heavy atom. The first-order valence-electron chi connectivity index (χ1n) is 12.0. The highest BCUT2D eigenvalue weighted by atomic mass is 32.2. The number of hydrogen-bond donors (Lipinski definition) is 0. The van der Waals surface area contributed by atoms with Crippen molar-refractivity contribution >= 4 is 32.6 Å². The van der Waals surface area contributed by atoms with Crippen LogP contribution >= 0.6 is 11.8 Å². The Hall–Kier alpha value is -2.62. The van der Waals surface area contributed by atoms with Crippen LogP contribution in [-0.4, -0.2) is 59.2 Å². The van der Waals surface area contributed by atoms with E-state index in [1.165, 1.54) is 11.1 Å². The summed E-state index contributed by atoms with van der Waals surface area (Å²) in [6, 6.07) is 15.6. The van der Waals surface area contributed by atoms with Gasteiger partial charge in [0.15, 0.2) is 26.6 Å². The third-order valence-electron chi connectivity index (χ3n) is 6.64. The first-order valence-corrected chi connectivity index (χ1v) is 14.7. The van der Waals surface area contributed by atoms with Gasteiger partial charge >= 0.3 is 0 Å². The number of para-hydroxylation sites is 1. The van der Waals surface area contributed by atoms with E-state index < -0.39 is 9.84 Å². The van der Waals surface area contributed by atoms with Gasteiger partial charge < -0.3 is 13.9 Å². The summed E-state index contributed by atoms with van der Waals surface area (Å²) in [4.78, 5) is 2.93. The zero-order chi connectivity index (χ0) is 24.4. The number of thioether (sulfide) groups is 1. The van der Waals surface area contributed by atoms with Gasteiger partial charge in [0, 0.05) is 31.3 Å². The molecule has 2 aromatic heterocycles. The van der Waals surface area contributed by atoms with Gasteiger partial charge in [-0.3, -0.25) is 0 Å². The maximum absolute atomic E-state index is 12.2. The molecule has 0 unspecified atom stereocenters. The van der Waals surface area contributed by atoms with Gasteiger partial charge in [-0.05, 0) is 61.2 Å². The van der Waals surface area contributed by atoms with Gasteiger partial charge in [0.1, 0.15) is 5.58 Å². The predicted octanol–water partition coefficient (Wildman–Crippen LogP) is 4.60. The molecule has 1 aliphatic heterocycles. The Bertz CT molecular complexity index is 1410. The lowest BCUT2D eigenvalue weighted by atomic mass is 10.0. The molecule has 0 atom stereocenters. The molecule has 184 valence electrons. The van der Waals surface area contributed by atoms with Crippen LogP contribution in [0.5, 0.6) is 0 Å². The molecule has 0 N–H and O–H groups in total. The SMILES string of the molecule is CCS(=O)(=O)c1ccc2c(c1)CCN(CCCSc1nnc(-c3cc4ccccc4o3)n1C)CC2. The first kappa shape index (κ1) is 24.1. The van der Waals surface area contributed by atoms with Gasteiger partial charge in [-0.15, -0.1) is 10.2 Å². The van der Waals surface area contributed by atoms with E-state index in [1.54, 1.807) is 24.8 Å². The molecule has 3 heterocycles. The van der Waals surface area contributed by atoms with Crippen LogP contribution in [0.15, 0.2) is 63.0 Å². The van der Waals surface area contributed by atoms with Crippen LogP contribution in [0.3, 0.4) is 0 Å². The standard InChI is InChI=1S/C26H30N4O3S2/c1-3-35(31,32)22-10-9-19-11-14-30(15-12-20(19)17-22)13-6-16-34-26-28-27-25(29(26)2)24-18-21-7-4-5-8-23(21)33-24/h4-5,7-10,17-18H,3,6,11-16H2,1-2H3. The summed E-state index contributed by atoms with van der Waals surface area (Å²) >= 11 is 1.71. The molecule has 1 aliphatic rings. The zero-order valence-electron chi connectivity index (χ0n) is 20.1. The Labute approximate surface area is 210 Å². The molecular formula is C26H30N4O3S2. The average molecular weight is 511 g/mol. The van der Waals surface area contributed by atoms with Crippen LogP contribution in [0.25, 0.3) is 22.6 Å². The van der Waals surface area contributed by atoms with Gasteiger partial charge in [-0.2, -0.15) is 0 Å². The number of benzene rings is 2. The monoisotopic (exact) mass is 510 g/mol. The van der Waals surface area contributed by atoms with E-state index in [0.717, 1.165) is 72.4 Å². The number of nitrogens with zero attached hydrogens (tertiary/aromatic N) is 4. The summed E-state index contributed by atoms with van der Waals surface area (Å²) in [5.74, 6) is 2.56.